The van der Waals surface area contributed by atoms with Crippen LogP contribution in [0.15, 0.2) is 53.4 Å². The van der Waals surface area contributed by atoms with Gasteiger partial charge in [-0.25, -0.2) is 8.42 Å². The summed E-state index contributed by atoms with van der Waals surface area (Å²) in [5.74, 6) is 0. The normalized spacial score (nSPS) is 21.1. The molecule has 2 aliphatic rings. The summed E-state index contributed by atoms with van der Waals surface area (Å²) in [6, 6.07) is 15.0. The number of anilines is 1. The van der Waals surface area contributed by atoms with E-state index in [4.69, 9.17) is 11.6 Å². The van der Waals surface area contributed by atoms with Crippen LogP contribution in [0.1, 0.15) is 18.4 Å². The molecule has 0 amide bonds. The molecule has 4 rings (SSSR count). The fourth-order valence-electron chi connectivity index (χ4n) is 3.72. The summed E-state index contributed by atoms with van der Waals surface area (Å²) in [5.41, 5.74) is 1.38. The van der Waals surface area contributed by atoms with Crippen molar-refractivity contribution in [2.24, 2.45) is 0 Å². The molecule has 0 bridgehead atoms. The average molecular weight is 392 g/mol. The summed E-state index contributed by atoms with van der Waals surface area (Å²) in [5, 5.41) is 4.19. The van der Waals surface area contributed by atoms with Crippen molar-refractivity contribution in [3.05, 3.63) is 59.1 Å². The van der Waals surface area contributed by atoms with Crippen molar-refractivity contribution in [2.75, 3.05) is 25.0 Å². The third kappa shape index (κ3) is 3.60. The third-order valence-corrected chi connectivity index (χ3v) is 7.07. The summed E-state index contributed by atoms with van der Waals surface area (Å²) in [6.45, 7) is 2.66. The van der Waals surface area contributed by atoms with Gasteiger partial charge >= 0.3 is 0 Å². The number of hydrogen-bond donors (Lipinski definition) is 2. The van der Waals surface area contributed by atoms with E-state index in [1.165, 1.54) is 5.56 Å². The van der Waals surface area contributed by atoms with Gasteiger partial charge in [0.2, 0.25) is 10.0 Å². The molecule has 26 heavy (non-hydrogen) atoms. The van der Waals surface area contributed by atoms with Gasteiger partial charge in [-0.1, -0.05) is 35.9 Å². The first-order valence-corrected chi connectivity index (χ1v) is 10.7. The number of sulfonamides is 1. The lowest BCUT2D eigenvalue weighted by molar-refractivity contribution is 0.166. The molecule has 0 atom stereocenters. The number of rotatable bonds is 3. The van der Waals surface area contributed by atoms with E-state index >= 15 is 0 Å². The van der Waals surface area contributed by atoms with Crippen molar-refractivity contribution in [1.29, 1.82) is 0 Å². The van der Waals surface area contributed by atoms with Crippen LogP contribution >= 0.6 is 11.6 Å². The smallest absolute Gasteiger partial charge is 0.244 e. The first-order chi connectivity index (χ1) is 12.5. The van der Waals surface area contributed by atoms with E-state index in [0.717, 1.165) is 43.9 Å². The van der Waals surface area contributed by atoms with Crippen molar-refractivity contribution < 1.29 is 8.42 Å². The molecule has 1 fully saturated rings. The predicted molar refractivity (Wildman–Crippen MR) is 104 cm³/mol. The molecule has 0 radical (unpaired) electrons. The number of halogens is 1. The molecule has 138 valence electrons. The molecule has 0 unspecified atom stereocenters. The van der Waals surface area contributed by atoms with Crippen molar-refractivity contribution in [2.45, 2.75) is 29.8 Å². The Kier molecular flexibility index (Phi) is 4.69. The lowest BCUT2D eigenvalue weighted by Crippen LogP contribution is -2.62. The Balaban J connectivity index is 1.40. The average Bonchev–Trinajstić information content (AvgIpc) is 2.62. The van der Waals surface area contributed by atoms with Gasteiger partial charge in [-0.3, -0.25) is 0 Å². The molecule has 2 aliphatic heterocycles. The number of hydrogen-bond acceptors (Lipinski definition) is 4. The topological polar surface area (TPSA) is 61.4 Å². The van der Waals surface area contributed by atoms with Crippen LogP contribution in [0.3, 0.4) is 0 Å². The van der Waals surface area contributed by atoms with E-state index in [0.29, 0.717) is 10.6 Å². The van der Waals surface area contributed by atoms with Crippen LogP contribution in [-0.2, 0) is 16.4 Å². The molecule has 2 N–H and O–H groups in total. The van der Waals surface area contributed by atoms with Crippen molar-refractivity contribution in [3.63, 3.8) is 0 Å². The zero-order chi connectivity index (χ0) is 18.2. The molecule has 1 saturated heterocycles. The fourth-order valence-corrected chi connectivity index (χ4v) is 5.40. The van der Waals surface area contributed by atoms with Crippen molar-refractivity contribution in [1.82, 2.24) is 9.62 Å². The monoisotopic (exact) mass is 391 g/mol. The highest BCUT2D eigenvalue weighted by molar-refractivity contribution is 7.89. The minimum atomic E-state index is -3.47. The highest BCUT2D eigenvalue weighted by Gasteiger charge is 2.42. The Hall–Kier alpha value is -1.60. The number of fused-ring (bicyclic) bond motifs is 1. The van der Waals surface area contributed by atoms with Gasteiger partial charge < -0.3 is 10.2 Å². The molecule has 7 heteroatoms. The van der Waals surface area contributed by atoms with E-state index in [9.17, 15) is 8.42 Å². The quantitative estimate of drug-likeness (QED) is 0.844. The first kappa shape index (κ1) is 17.8. The maximum absolute atomic E-state index is 12.6. The van der Waals surface area contributed by atoms with Gasteiger partial charge in [0, 0.05) is 24.7 Å². The van der Waals surface area contributed by atoms with Gasteiger partial charge in [-0.05, 0) is 49.1 Å². The summed E-state index contributed by atoms with van der Waals surface area (Å²) in [6.07, 6.45) is 2.44. The number of piperidine rings is 1. The summed E-state index contributed by atoms with van der Waals surface area (Å²) < 4.78 is 28.1. The molecule has 5 nitrogen and oxygen atoms in total. The second kappa shape index (κ2) is 6.85. The van der Waals surface area contributed by atoms with Crippen molar-refractivity contribution >= 4 is 27.3 Å². The van der Waals surface area contributed by atoms with Crippen LogP contribution in [0.25, 0.3) is 0 Å². The van der Waals surface area contributed by atoms with Gasteiger partial charge in [-0.15, -0.1) is 0 Å². The molecular weight excluding hydrogens is 370 g/mol. The van der Waals surface area contributed by atoms with Crippen molar-refractivity contribution in [3.8, 4) is 0 Å². The van der Waals surface area contributed by atoms with Crippen LogP contribution in [0, 0.1) is 0 Å². The van der Waals surface area contributed by atoms with Gasteiger partial charge in [0.1, 0.15) is 10.6 Å². The first-order valence-electron chi connectivity index (χ1n) is 8.84. The lowest BCUT2D eigenvalue weighted by Gasteiger charge is -2.45. The minimum Gasteiger partial charge on any atom is -0.365 e. The molecule has 2 aromatic rings. The standard InChI is InChI=1S/C19H22ClN3O2S/c20-16-7-5-15(6-8-16)9-12-23-13-10-19(11-14-23)21-17-3-1-2-4-18(17)26(24,25)22-19/h1-8,21-22H,9-14H2. The van der Waals surface area contributed by atoms with Gasteiger partial charge in [0.15, 0.2) is 0 Å². The Morgan fingerprint density at radius 3 is 2.46 bits per heavy atom. The third-order valence-electron chi connectivity index (χ3n) is 5.22. The summed E-state index contributed by atoms with van der Waals surface area (Å²) in [4.78, 5) is 2.71. The maximum atomic E-state index is 12.6. The highest BCUT2D eigenvalue weighted by atomic mass is 35.5. The molecule has 2 heterocycles. The van der Waals surface area contributed by atoms with Crippen LogP contribution in [-0.4, -0.2) is 38.6 Å². The molecule has 1 spiro atoms. The number of nitrogens with zero attached hydrogens (tertiary/aromatic N) is 1. The zero-order valence-electron chi connectivity index (χ0n) is 14.4. The Morgan fingerprint density at radius 1 is 1.04 bits per heavy atom. The second-order valence-corrected chi connectivity index (χ2v) is 9.11. The summed E-state index contributed by atoms with van der Waals surface area (Å²) in [7, 11) is -3.47. The fraction of sp³-hybridized carbons (Fsp3) is 0.368. The van der Waals surface area contributed by atoms with E-state index in [1.807, 2.05) is 24.3 Å². The molecule has 0 aliphatic carbocycles. The SMILES string of the molecule is O=S1(=O)NC2(CCN(CCc3ccc(Cl)cc3)CC2)Nc2ccccc21. The number of likely N-dealkylation sites (tertiary alicyclic amines) is 1. The van der Waals surface area contributed by atoms with E-state index < -0.39 is 15.7 Å². The Bertz CT molecular complexity index is 891. The molecule has 0 aromatic heterocycles. The maximum Gasteiger partial charge on any atom is 0.244 e. The van der Waals surface area contributed by atoms with Gasteiger partial charge in [-0.2, -0.15) is 4.72 Å². The van der Waals surface area contributed by atoms with Crippen LogP contribution < -0.4 is 10.0 Å². The number of nitrogens with one attached hydrogen (secondary N) is 2. The second-order valence-electron chi connectivity index (χ2n) is 7.03. The van der Waals surface area contributed by atoms with E-state index in [2.05, 4.69) is 27.1 Å². The zero-order valence-corrected chi connectivity index (χ0v) is 16.0. The Labute approximate surface area is 159 Å². The number of benzene rings is 2. The van der Waals surface area contributed by atoms with Crippen LogP contribution in [0.5, 0.6) is 0 Å². The molecular formula is C19H22ClN3O2S. The minimum absolute atomic E-state index is 0.329. The molecule has 2 aromatic carbocycles. The van der Waals surface area contributed by atoms with Gasteiger partial charge in [0.25, 0.3) is 0 Å². The van der Waals surface area contributed by atoms with Crippen LogP contribution in [0.2, 0.25) is 5.02 Å². The lowest BCUT2D eigenvalue weighted by atomic mass is 9.96. The highest BCUT2D eigenvalue weighted by Crippen LogP contribution is 2.34. The Morgan fingerprint density at radius 2 is 1.73 bits per heavy atom. The van der Waals surface area contributed by atoms with E-state index in [-0.39, 0.29) is 0 Å². The van der Waals surface area contributed by atoms with Gasteiger partial charge in [0.05, 0.1) is 5.69 Å². The predicted octanol–water partition coefficient (Wildman–Crippen LogP) is 3.08. The number of para-hydroxylation sites is 1. The largest absolute Gasteiger partial charge is 0.365 e. The molecule has 0 saturated carbocycles. The van der Waals surface area contributed by atoms with Crippen LogP contribution in [0.4, 0.5) is 5.69 Å². The van der Waals surface area contributed by atoms with E-state index in [1.54, 1.807) is 12.1 Å². The summed E-state index contributed by atoms with van der Waals surface area (Å²) >= 11 is 5.93.